The fourth-order valence-electron chi connectivity index (χ4n) is 2.31. The first-order valence-corrected chi connectivity index (χ1v) is 5.64. The van der Waals surface area contributed by atoms with Crippen molar-refractivity contribution < 1.29 is 5.11 Å². The number of benzene rings is 1. The Morgan fingerprint density at radius 3 is 2.67 bits per heavy atom. The molecule has 2 rings (SSSR count). The molecule has 0 amide bonds. The van der Waals surface area contributed by atoms with E-state index in [9.17, 15) is 5.11 Å². The zero-order chi connectivity index (χ0) is 10.9. The van der Waals surface area contributed by atoms with Gasteiger partial charge in [0.1, 0.15) is 0 Å². The van der Waals surface area contributed by atoms with Crippen LogP contribution in [0.25, 0.3) is 0 Å². The van der Waals surface area contributed by atoms with Crippen molar-refractivity contribution in [1.82, 2.24) is 5.32 Å². The molecule has 2 heteroatoms. The largest absolute Gasteiger partial charge is 0.386 e. The van der Waals surface area contributed by atoms with Crippen LogP contribution in [0.2, 0.25) is 0 Å². The van der Waals surface area contributed by atoms with Gasteiger partial charge < -0.3 is 10.4 Å². The normalized spacial score (nSPS) is 21.9. The van der Waals surface area contributed by atoms with Gasteiger partial charge in [-0.05, 0) is 44.4 Å². The van der Waals surface area contributed by atoms with Crippen molar-refractivity contribution >= 4 is 0 Å². The van der Waals surface area contributed by atoms with Gasteiger partial charge in [0.25, 0.3) is 0 Å². The topological polar surface area (TPSA) is 32.3 Å². The third-order valence-corrected chi connectivity index (χ3v) is 3.06. The van der Waals surface area contributed by atoms with Gasteiger partial charge in [-0.25, -0.2) is 0 Å². The first-order valence-electron chi connectivity index (χ1n) is 5.64. The van der Waals surface area contributed by atoms with E-state index in [0.29, 0.717) is 6.04 Å². The minimum absolute atomic E-state index is 0.424. The van der Waals surface area contributed by atoms with Crippen LogP contribution in [0.3, 0.4) is 0 Å². The van der Waals surface area contributed by atoms with Gasteiger partial charge in [-0.15, -0.1) is 0 Å². The highest BCUT2D eigenvalue weighted by atomic mass is 16.3. The van der Waals surface area contributed by atoms with E-state index in [0.717, 1.165) is 12.1 Å². The monoisotopic (exact) mass is 205 g/mol. The molecular weight excluding hydrogens is 186 g/mol. The van der Waals surface area contributed by atoms with Crippen LogP contribution in [0.4, 0.5) is 0 Å². The minimum atomic E-state index is -0.749. The number of nitrogens with one attached hydrogen (secondary N) is 1. The molecule has 1 saturated heterocycles. The maximum absolute atomic E-state index is 10.1. The third kappa shape index (κ3) is 2.21. The molecular formula is C13H19NO. The Bertz CT molecular complexity index is 335. The molecule has 0 saturated carbocycles. The van der Waals surface area contributed by atoms with E-state index < -0.39 is 5.60 Å². The van der Waals surface area contributed by atoms with E-state index in [4.69, 9.17) is 0 Å². The molecule has 82 valence electrons. The van der Waals surface area contributed by atoms with E-state index >= 15 is 0 Å². The third-order valence-electron chi connectivity index (χ3n) is 3.06. The minimum Gasteiger partial charge on any atom is -0.386 e. The smallest absolute Gasteiger partial charge is 0.0843 e. The van der Waals surface area contributed by atoms with Gasteiger partial charge in [0.15, 0.2) is 0 Å². The van der Waals surface area contributed by atoms with Crippen LogP contribution in [0, 0.1) is 0 Å². The first-order chi connectivity index (χ1) is 7.09. The summed E-state index contributed by atoms with van der Waals surface area (Å²) in [5.74, 6) is 0. The molecule has 15 heavy (non-hydrogen) atoms. The van der Waals surface area contributed by atoms with Crippen molar-refractivity contribution in [2.45, 2.75) is 38.3 Å². The fourth-order valence-corrected chi connectivity index (χ4v) is 2.31. The lowest BCUT2D eigenvalue weighted by Crippen LogP contribution is -2.22. The highest BCUT2D eigenvalue weighted by Crippen LogP contribution is 2.31. The molecule has 0 unspecified atom stereocenters. The van der Waals surface area contributed by atoms with Crippen LogP contribution in [0.1, 0.15) is 43.9 Å². The highest BCUT2D eigenvalue weighted by Gasteiger charge is 2.25. The molecule has 1 aromatic carbocycles. The average molecular weight is 205 g/mol. The van der Waals surface area contributed by atoms with Crippen molar-refractivity contribution in [3.63, 3.8) is 0 Å². The summed E-state index contributed by atoms with van der Waals surface area (Å²) in [6, 6.07) is 8.61. The predicted molar refractivity (Wildman–Crippen MR) is 61.7 cm³/mol. The molecule has 1 atom stereocenters. The maximum Gasteiger partial charge on any atom is 0.0843 e. The van der Waals surface area contributed by atoms with Crippen molar-refractivity contribution in [3.8, 4) is 0 Å². The molecule has 1 fully saturated rings. The summed E-state index contributed by atoms with van der Waals surface area (Å²) >= 11 is 0. The predicted octanol–water partition coefficient (Wildman–Crippen LogP) is 2.34. The van der Waals surface area contributed by atoms with Crippen molar-refractivity contribution in [2.75, 3.05) is 6.54 Å². The zero-order valence-corrected chi connectivity index (χ0v) is 9.46. The molecule has 2 N–H and O–H groups in total. The Kier molecular flexibility index (Phi) is 2.81. The van der Waals surface area contributed by atoms with Crippen LogP contribution in [-0.2, 0) is 5.60 Å². The average Bonchev–Trinajstić information content (AvgIpc) is 2.69. The number of hydrogen-bond donors (Lipinski definition) is 2. The standard InChI is InChI=1S/C13H19NO/c1-13(2,15)11-7-4-3-6-10(11)12-8-5-9-14-12/h3-4,6-7,12,14-15H,5,8-9H2,1-2H3/t12-/m0/s1. The van der Waals surface area contributed by atoms with Crippen molar-refractivity contribution in [1.29, 1.82) is 0 Å². The maximum atomic E-state index is 10.1. The number of aliphatic hydroxyl groups is 1. The molecule has 1 aromatic rings. The van der Waals surface area contributed by atoms with Gasteiger partial charge in [0.2, 0.25) is 0 Å². The Labute approximate surface area is 91.3 Å². The van der Waals surface area contributed by atoms with E-state index in [1.54, 1.807) is 0 Å². The second-order valence-electron chi connectivity index (χ2n) is 4.80. The Hall–Kier alpha value is -0.860. The summed E-state index contributed by atoms with van der Waals surface area (Å²) in [5.41, 5.74) is 1.55. The molecule has 1 aliphatic rings. The molecule has 0 spiro atoms. The summed E-state index contributed by atoms with van der Waals surface area (Å²) < 4.78 is 0. The SMILES string of the molecule is CC(C)(O)c1ccccc1[C@@H]1CCCN1. The molecule has 2 nitrogen and oxygen atoms in total. The Morgan fingerprint density at radius 1 is 1.33 bits per heavy atom. The Morgan fingerprint density at radius 2 is 2.07 bits per heavy atom. The lowest BCUT2D eigenvalue weighted by molar-refractivity contribution is 0.0771. The van der Waals surface area contributed by atoms with Crippen LogP contribution < -0.4 is 5.32 Å². The fraction of sp³-hybridized carbons (Fsp3) is 0.538. The summed E-state index contributed by atoms with van der Waals surface area (Å²) in [6.45, 7) is 4.78. The summed E-state index contributed by atoms with van der Waals surface area (Å²) in [7, 11) is 0. The Balaban J connectivity index is 2.37. The van der Waals surface area contributed by atoms with Gasteiger partial charge in [-0.2, -0.15) is 0 Å². The van der Waals surface area contributed by atoms with E-state index in [-0.39, 0.29) is 0 Å². The second-order valence-corrected chi connectivity index (χ2v) is 4.80. The summed E-state index contributed by atoms with van der Waals surface area (Å²) in [6.07, 6.45) is 2.40. The van der Waals surface area contributed by atoms with Crippen LogP contribution in [0.5, 0.6) is 0 Å². The molecule has 1 aliphatic heterocycles. The van der Waals surface area contributed by atoms with Gasteiger partial charge in [-0.3, -0.25) is 0 Å². The summed E-state index contributed by atoms with van der Waals surface area (Å²) in [4.78, 5) is 0. The van der Waals surface area contributed by atoms with Crippen LogP contribution >= 0.6 is 0 Å². The first kappa shape index (κ1) is 10.7. The lowest BCUT2D eigenvalue weighted by atomic mass is 9.89. The zero-order valence-electron chi connectivity index (χ0n) is 9.46. The van der Waals surface area contributed by atoms with Crippen molar-refractivity contribution in [2.24, 2.45) is 0 Å². The van der Waals surface area contributed by atoms with E-state index in [2.05, 4.69) is 11.4 Å². The van der Waals surface area contributed by atoms with E-state index in [1.807, 2.05) is 32.0 Å². The molecule has 0 bridgehead atoms. The van der Waals surface area contributed by atoms with Gasteiger partial charge >= 0.3 is 0 Å². The molecule has 0 aliphatic carbocycles. The summed E-state index contributed by atoms with van der Waals surface area (Å²) in [5, 5.41) is 13.6. The van der Waals surface area contributed by atoms with Gasteiger partial charge in [0, 0.05) is 6.04 Å². The van der Waals surface area contributed by atoms with E-state index in [1.165, 1.54) is 18.4 Å². The second kappa shape index (κ2) is 3.95. The van der Waals surface area contributed by atoms with Gasteiger partial charge in [-0.1, -0.05) is 24.3 Å². The van der Waals surface area contributed by atoms with Crippen LogP contribution in [0.15, 0.2) is 24.3 Å². The quantitative estimate of drug-likeness (QED) is 0.776. The number of hydrogen-bond acceptors (Lipinski definition) is 2. The molecule has 0 aromatic heterocycles. The van der Waals surface area contributed by atoms with Gasteiger partial charge in [0.05, 0.1) is 5.60 Å². The molecule has 0 radical (unpaired) electrons. The molecule has 1 heterocycles. The van der Waals surface area contributed by atoms with Crippen LogP contribution in [-0.4, -0.2) is 11.7 Å². The van der Waals surface area contributed by atoms with Crippen molar-refractivity contribution in [3.05, 3.63) is 35.4 Å². The highest BCUT2D eigenvalue weighted by molar-refractivity contribution is 5.34. The number of rotatable bonds is 2. The lowest BCUT2D eigenvalue weighted by Gasteiger charge is -2.24.